The van der Waals surface area contributed by atoms with E-state index in [1.165, 1.54) is 11.3 Å². The van der Waals surface area contributed by atoms with Gasteiger partial charge in [-0.1, -0.05) is 12.1 Å². The first-order valence-electron chi connectivity index (χ1n) is 6.76. The summed E-state index contributed by atoms with van der Waals surface area (Å²) < 4.78 is 0. The van der Waals surface area contributed by atoms with Crippen molar-refractivity contribution in [2.45, 2.75) is 31.9 Å². The average Bonchev–Trinajstić information content (AvgIpc) is 2.36. The molecule has 0 aliphatic heterocycles. The third-order valence-corrected chi connectivity index (χ3v) is 4.01. The van der Waals surface area contributed by atoms with E-state index in [2.05, 4.69) is 48.5 Å². The summed E-state index contributed by atoms with van der Waals surface area (Å²) in [6, 6.07) is 9.12. The van der Waals surface area contributed by atoms with Gasteiger partial charge in [0.25, 0.3) is 0 Å². The molecule has 3 heteroatoms. The van der Waals surface area contributed by atoms with Crippen molar-refractivity contribution in [2.24, 2.45) is 5.92 Å². The minimum atomic E-state index is -0.0535. The van der Waals surface area contributed by atoms with Gasteiger partial charge in [-0.3, -0.25) is 0 Å². The van der Waals surface area contributed by atoms with Gasteiger partial charge in [0, 0.05) is 25.3 Å². The third-order valence-electron chi connectivity index (χ3n) is 4.01. The molecule has 0 spiro atoms. The van der Waals surface area contributed by atoms with Crippen molar-refractivity contribution in [3.8, 4) is 0 Å². The maximum absolute atomic E-state index is 9.30. The van der Waals surface area contributed by atoms with E-state index >= 15 is 0 Å². The second-order valence-electron chi connectivity index (χ2n) is 5.47. The molecule has 2 N–H and O–H groups in total. The highest BCUT2D eigenvalue weighted by molar-refractivity contribution is 5.47. The highest BCUT2D eigenvalue weighted by atomic mass is 16.3. The number of anilines is 1. The lowest BCUT2D eigenvalue weighted by atomic mass is 9.82. The molecule has 100 valence electrons. The number of hydrogen-bond acceptors (Lipinski definition) is 3. The molecule has 2 rings (SSSR count). The zero-order chi connectivity index (χ0) is 13.1. The van der Waals surface area contributed by atoms with Gasteiger partial charge in [-0.15, -0.1) is 0 Å². The first kappa shape index (κ1) is 13.4. The molecule has 0 heterocycles. The summed E-state index contributed by atoms with van der Waals surface area (Å²) in [4.78, 5) is 2.28. The third kappa shape index (κ3) is 3.03. The number of aliphatic hydroxyl groups excluding tert-OH is 1. The van der Waals surface area contributed by atoms with Crippen LogP contribution in [0, 0.1) is 5.92 Å². The van der Waals surface area contributed by atoms with E-state index in [-0.39, 0.29) is 6.10 Å². The molecule has 0 bridgehead atoms. The largest absolute Gasteiger partial charge is 0.393 e. The zero-order valence-electron chi connectivity index (χ0n) is 11.6. The number of nitrogens with one attached hydrogen (secondary N) is 1. The van der Waals surface area contributed by atoms with Crippen molar-refractivity contribution >= 4 is 5.69 Å². The Morgan fingerprint density at radius 3 is 2.44 bits per heavy atom. The van der Waals surface area contributed by atoms with Crippen LogP contribution in [0.3, 0.4) is 0 Å². The lowest BCUT2D eigenvalue weighted by Gasteiger charge is -2.35. The van der Waals surface area contributed by atoms with Crippen LogP contribution in [0.1, 0.15) is 31.4 Å². The van der Waals surface area contributed by atoms with Crippen LogP contribution < -0.4 is 10.2 Å². The van der Waals surface area contributed by atoms with E-state index in [0.717, 1.165) is 19.4 Å². The van der Waals surface area contributed by atoms with Crippen LogP contribution in [0.2, 0.25) is 0 Å². The SMILES string of the molecule is CNC(C)c1ccc(N(C)CC2CC(O)C2)cc1. The normalized spacial score (nSPS) is 24.4. The summed E-state index contributed by atoms with van der Waals surface area (Å²) in [7, 11) is 4.10. The highest BCUT2D eigenvalue weighted by Gasteiger charge is 2.27. The van der Waals surface area contributed by atoms with E-state index in [9.17, 15) is 5.11 Å². The minimum Gasteiger partial charge on any atom is -0.393 e. The molecule has 0 saturated heterocycles. The molecule has 1 atom stereocenters. The Bertz CT molecular complexity index is 371. The smallest absolute Gasteiger partial charge is 0.0546 e. The summed E-state index contributed by atoms with van der Waals surface area (Å²) in [5.74, 6) is 0.654. The maximum Gasteiger partial charge on any atom is 0.0546 e. The molecule has 1 saturated carbocycles. The van der Waals surface area contributed by atoms with Gasteiger partial charge in [0.2, 0.25) is 0 Å². The van der Waals surface area contributed by atoms with Gasteiger partial charge in [-0.2, -0.15) is 0 Å². The van der Waals surface area contributed by atoms with Gasteiger partial charge < -0.3 is 15.3 Å². The molecule has 18 heavy (non-hydrogen) atoms. The molecule has 1 unspecified atom stereocenters. The van der Waals surface area contributed by atoms with Crippen molar-refractivity contribution in [1.82, 2.24) is 5.32 Å². The molecule has 1 aliphatic carbocycles. The fourth-order valence-corrected chi connectivity index (χ4v) is 2.53. The lowest BCUT2D eigenvalue weighted by Crippen LogP contribution is -2.37. The Morgan fingerprint density at radius 1 is 1.33 bits per heavy atom. The van der Waals surface area contributed by atoms with Gasteiger partial charge in [0.15, 0.2) is 0 Å². The predicted octanol–water partition coefficient (Wildman–Crippen LogP) is 2.17. The molecule has 1 fully saturated rings. The van der Waals surface area contributed by atoms with E-state index in [1.807, 2.05) is 7.05 Å². The number of hydrogen-bond donors (Lipinski definition) is 2. The summed E-state index contributed by atoms with van der Waals surface area (Å²) >= 11 is 0. The van der Waals surface area contributed by atoms with Gasteiger partial charge in [0.05, 0.1) is 6.10 Å². The Kier molecular flexibility index (Phi) is 4.25. The molecular formula is C15H24N2O. The van der Waals surface area contributed by atoms with Gasteiger partial charge >= 0.3 is 0 Å². The monoisotopic (exact) mass is 248 g/mol. The topological polar surface area (TPSA) is 35.5 Å². The first-order chi connectivity index (χ1) is 8.60. The molecule has 3 nitrogen and oxygen atoms in total. The average molecular weight is 248 g/mol. The maximum atomic E-state index is 9.30. The Morgan fingerprint density at radius 2 is 1.94 bits per heavy atom. The van der Waals surface area contributed by atoms with Crippen molar-refractivity contribution in [2.75, 3.05) is 25.5 Å². The van der Waals surface area contributed by atoms with Gasteiger partial charge in [-0.05, 0) is 50.4 Å². The van der Waals surface area contributed by atoms with Gasteiger partial charge in [0.1, 0.15) is 0 Å². The van der Waals surface area contributed by atoms with Crippen LogP contribution in [0.15, 0.2) is 24.3 Å². The van der Waals surface area contributed by atoms with E-state index in [4.69, 9.17) is 0 Å². The molecule has 0 radical (unpaired) electrons. The molecular weight excluding hydrogens is 224 g/mol. The summed E-state index contributed by atoms with van der Waals surface area (Å²) in [6.45, 7) is 3.20. The van der Waals surface area contributed by atoms with E-state index in [1.54, 1.807) is 0 Å². The van der Waals surface area contributed by atoms with Crippen molar-refractivity contribution in [3.63, 3.8) is 0 Å². The molecule has 1 aromatic rings. The fraction of sp³-hybridized carbons (Fsp3) is 0.600. The Balaban J connectivity index is 1.92. The zero-order valence-corrected chi connectivity index (χ0v) is 11.6. The second-order valence-corrected chi connectivity index (χ2v) is 5.47. The Labute approximate surface area is 110 Å². The minimum absolute atomic E-state index is 0.0535. The summed E-state index contributed by atoms with van der Waals surface area (Å²) in [5.41, 5.74) is 2.57. The van der Waals surface area contributed by atoms with Crippen LogP contribution in [0.4, 0.5) is 5.69 Å². The van der Waals surface area contributed by atoms with Crippen molar-refractivity contribution in [3.05, 3.63) is 29.8 Å². The number of rotatable bonds is 5. The highest BCUT2D eigenvalue weighted by Crippen LogP contribution is 2.29. The van der Waals surface area contributed by atoms with Crippen molar-refractivity contribution < 1.29 is 5.11 Å². The first-order valence-corrected chi connectivity index (χ1v) is 6.76. The quantitative estimate of drug-likeness (QED) is 0.838. The van der Waals surface area contributed by atoms with Gasteiger partial charge in [-0.25, -0.2) is 0 Å². The molecule has 1 aromatic carbocycles. The summed E-state index contributed by atoms with van der Waals surface area (Å²) in [5, 5.41) is 12.5. The van der Waals surface area contributed by atoms with Crippen LogP contribution in [0.5, 0.6) is 0 Å². The van der Waals surface area contributed by atoms with E-state index in [0.29, 0.717) is 12.0 Å². The Hall–Kier alpha value is -1.06. The van der Waals surface area contributed by atoms with Crippen LogP contribution in [-0.4, -0.2) is 31.9 Å². The van der Waals surface area contributed by atoms with Crippen LogP contribution in [-0.2, 0) is 0 Å². The summed E-state index contributed by atoms with van der Waals surface area (Å²) in [6.07, 6.45) is 1.86. The number of benzene rings is 1. The standard InChI is InChI=1S/C15H24N2O/c1-11(16-2)13-4-6-14(7-5-13)17(3)10-12-8-15(18)9-12/h4-7,11-12,15-16,18H,8-10H2,1-3H3. The van der Waals surface area contributed by atoms with Crippen LogP contribution >= 0.6 is 0 Å². The molecule has 0 amide bonds. The van der Waals surface area contributed by atoms with Crippen LogP contribution in [0.25, 0.3) is 0 Å². The fourth-order valence-electron chi connectivity index (χ4n) is 2.53. The molecule has 0 aromatic heterocycles. The number of aliphatic hydroxyl groups is 1. The van der Waals surface area contributed by atoms with E-state index < -0.39 is 0 Å². The second kappa shape index (κ2) is 5.72. The van der Waals surface area contributed by atoms with Crippen molar-refractivity contribution in [1.29, 1.82) is 0 Å². The lowest BCUT2D eigenvalue weighted by molar-refractivity contribution is 0.0465. The number of nitrogens with zero attached hydrogens (tertiary/aromatic N) is 1. The molecule has 1 aliphatic rings. The predicted molar refractivity (Wildman–Crippen MR) is 75.9 cm³/mol.